The Labute approximate surface area is 151 Å². The van der Waals surface area contributed by atoms with Gasteiger partial charge in [-0.05, 0) is 53.6 Å². The van der Waals surface area contributed by atoms with Crippen molar-refractivity contribution in [1.29, 1.82) is 0 Å². The van der Waals surface area contributed by atoms with E-state index in [1.165, 1.54) is 16.7 Å². The summed E-state index contributed by atoms with van der Waals surface area (Å²) in [6.07, 6.45) is 0.404. The van der Waals surface area contributed by atoms with Gasteiger partial charge in [0.1, 0.15) is 12.4 Å². The lowest BCUT2D eigenvalue weighted by molar-refractivity contribution is -0.120. The highest BCUT2D eigenvalue weighted by Crippen LogP contribution is 2.24. The second kappa shape index (κ2) is 8.19. The Hall–Kier alpha value is -2.29. The molecule has 1 N–H and O–H groups in total. The third kappa shape index (κ3) is 5.93. The van der Waals surface area contributed by atoms with Crippen LogP contribution >= 0.6 is 0 Å². The van der Waals surface area contributed by atoms with E-state index in [-0.39, 0.29) is 11.3 Å². The summed E-state index contributed by atoms with van der Waals surface area (Å²) in [5.41, 5.74) is 4.92. The van der Waals surface area contributed by atoms with Gasteiger partial charge in [0, 0.05) is 0 Å². The Balaban J connectivity index is 1.73. The normalized spacial score (nSPS) is 11.2. The number of amides is 1. The van der Waals surface area contributed by atoms with Crippen LogP contribution in [0.2, 0.25) is 0 Å². The number of rotatable bonds is 6. The maximum atomic E-state index is 12.0. The van der Waals surface area contributed by atoms with Gasteiger partial charge in [-0.1, -0.05) is 51.1 Å². The smallest absolute Gasteiger partial charge is 0.224 e. The minimum Gasteiger partial charge on any atom is -0.492 e. The molecule has 0 fully saturated rings. The fourth-order valence-electron chi connectivity index (χ4n) is 2.57. The Morgan fingerprint density at radius 1 is 1.00 bits per heavy atom. The monoisotopic (exact) mass is 339 g/mol. The first-order valence-electron chi connectivity index (χ1n) is 8.82. The lowest BCUT2D eigenvalue weighted by Gasteiger charge is -2.19. The molecular weight excluding hydrogens is 310 g/mol. The van der Waals surface area contributed by atoms with E-state index in [2.05, 4.69) is 64.2 Å². The molecule has 0 radical (unpaired) electrons. The fourth-order valence-corrected chi connectivity index (χ4v) is 2.57. The van der Waals surface area contributed by atoms with E-state index in [0.29, 0.717) is 19.6 Å². The predicted molar refractivity (Wildman–Crippen MR) is 103 cm³/mol. The molecule has 0 aliphatic rings. The molecule has 2 aromatic carbocycles. The van der Waals surface area contributed by atoms with E-state index in [1.807, 2.05) is 18.2 Å². The fraction of sp³-hybridized carbons (Fsp3) is 0.409. The molecule has 0 unspecified atom stereocenters. The van der Waals surface area contributed by atoms with Crippen molar-refractivity contribution in [3.05, 3.63) is 64.7 Å². The number of hydrogen-bond donors (Lipinski definition) is 1. The molecule has 3 heteroatoms. The van der Waals surface area contributed by atoms with Gasteiger partial charge in [-0.3, -0.25) is 4.79 Å². The Bertz CT molecular complexity index is 712. The molecule has 0 atom stereocenters. The van der Waals surface area contributed by atoms with Gasteiger partial charge >= 0.3 is 0 Å². The highest BCUT2D eigenvalue weighted by atomic mass is 16.5. The van der Waals surface area contributed by atoms with E-state index in [1.54, 1.807) is 0 Å². The summed E-state index contributed by atoms with van der Waals surface area (Å²) >= 11 is 0. The van der Waals surface area contributed by atoms with Gasteiger partial charge < -0.3 is 10.1 Å². The molecule has 3 nitrogen and oxygen atoms in total. The second-order valence-electron chi connectivity index (χ2n) is 7.57. The third-order valence-corrected chi connectivity index (χ3v) is 4.35. The number of carbonyl (C=O) groups excluding carboxylic acids is 1. The van der Waals surface area contributed by atoms with Crippen molar-refractivity contribution in [1.82, 2.24) is 5.32 Å². The summed E-state index contributed by atoms with van der Waals surface area (Å²) < 4.78 is 5.69. The van der Waals surface area contributed by atoms with Gasteiger partial charge in [0.2, 0.25) is 5.91 Å². The van der Waals surface area contributed by atoms with Crippen LogP contribution in [0.1, 0.15) is 43.0 Å². The van der Waals surface area contributed by atoms with Gasteiger partial charge in [0.05, 0.1) is 13.0 Å². The van der Waals surface area contributed by atoms with Gasteiger partial charge in [-0.2, -0.15) is 0 Å². The van der Waals surface area contributed by atoms with Crippen molar-refractivity contribution in [2.45, 2.75) is 46.5 Å². The predicted octanol–water partition coefficient (Wildman–Crippen LogP) is 4.34. The van der Waals surface area contributed by atoms with E-state index < -0.39 is 0 Å². The SMILES string of the molecule is Cc1ccc(CC(=O)NCCOc2ccc(C(C)(C)C)cc2)cc1C. The molecule has 25 heavy (non-hydrogen) atoms. The van der Waals surface area contributed by atoms with Crippen LogP contribution in [0.15, 0.2) is 42.5 Å². The zero-order chi connectivity index (χ0) is 18.4. The summed E-state index contributed by atoms with van der Waals surface area (Å²) in [6, 6.07) is 14.3. The van der Waals surface area contributed by atoms with E-state index in [9.17, 15) is 4.79 Å². The molecule has 2 aromatic rings. The largest absolute Gasteiger partial charge is 0.492 e. The minimum atomic E-state index is 0.0231. The van der Waals surface area contributed by atoms with Crippen LogP contribution in [0.25, 0.3) is 0 Å². The zero-order valence-electron chi connectivity index (χ0n) is 16.0. The Kier molecular flexibility index (Phi) is 6.24. The first-order valence-corrected chi connectivity index (χ1v) is 8.82. The first-order chi connectivity index (χ1) is 11.8. The van der Waals surface area contributed by atoms with Crippen molar-refractivity contribution >= 4 is 5.91 Å². The summed E-state index contributed by atoms with van der Waals surface area (Å²) in [5, 5.41) is 2.91. The van der Waals surface area contributed by atoms with Crippen LogP contribution in [-0.4, -0.2) is 19.1 Å². The number of benzene rings is 2. The Morgan fingerprint density at radius 2 is 1.68 bits per heavy atom. The van der Waals surface area contributed by atoms with Gasteiger partial charge in [0.15, 0.2) is 0 Å². The van der Waals surface area contributed by atoms with Crippen molar-refractivity contribution in [2.75, 3.05) is 13.2 Å². The highest BCUT2D eigenvalue weighted by Gasteiger charge is 2.12. The molecule has 0 aromatic heterocycles. The van der Waals surface area contributed by atoms with Crippen LogP contribution in [0.3, 0.4) is 0 Å². The van der Waals surface area contributed by atoms with Crippen LogP contribution in [0.4, 0.5) is 0 Å². The van der Waals surface area contributed by atoms with Crippen LogP contribution in [0, 0.1) is 13.8 Å². The van der Waals surface area contributed by atoms with Crippen LogP contribution < -0.4 is 10.1 Å². The molecule has 0 saturated carbocycles. The zero-order valence-corrected chi connectivity index (χ0v) is 16.0. The number of hydrogen-bond acceptors (Lipinski definition) is 2. The van der Waals surface area contributed by atoms with Crippen LogP contribution in [-0.2, 0) is 16.6 Å². The van der Waals surface area contributed by atoms with Crippen molar-refractivity contribution in [3.8, 4) is 5.75 Å². The molecule has 0 bridgehead atoms. The number of nitrogens with one attached hydrogen (secondary N) is 1. The molecule has 1 amide bonds. The first kappa shape index (κ1) is 19.0. The molecule has 0 aliphatic carbocycles. The maximum absolute atomic E-state index is 12.0. The standard InChI is InChI=1S/C22H29NO2/c1-16-6-7-18(14-17(16)2)15-21(24)23-12-13-25-20-10-8-19(9-11-20)22(3,4)5/h6-11,14H,12-13,15H2,1-5H3,(H,23,24). The molecule has 0 heterocycles. The third-order valence-electron chi connectivity index (χ3n) is 4.35. The maximum Gasteiger partial charge on any atom is 0.224 e. The lowest BCUT2D eigenvalue weighted by Crippen LogP contribution is -2.29. The number of carbonyl (C=O) groups is 1. The number of aryl methyl sites for hydroxylation is 2. The average molecular weight is 339 g/mol. The average Bonchev–Trinajstić information content (AvgIpc) is 2.55. The van der Waals surface area contributed by atoms with E-state index in [4.69, 9.17) is 4.74 Å². The summed E-state index contributed by atoms with van der Waals surface area (Å²) in [5.74, 6) is 0.853. The van der Waals surface area contributed by atoms with Crippen molar-refractivity contribution < 1.29 is 9.53 Å². The summed E-state index contributed by atoms with van der Waals surface area (Å²) in [6.45, 7) is 11.7. The number of ether oxygens (including phenoxy) is 1. The molecule has 134 valence electrons. The molecular formula is C22H29NO2. The second-order valence-corrected chi connectivity index (χ2v) is 7.57. The van der Waals surface area contributed by atoms with Crippen LogP contribution in [0.5, 0.6) is 5.75 Å². The topological polar surface area (TPSA) is 38.3 Å². The van der Waals surface area contributed by atoms with Gasteiger partial charge in [-0.25, -0.2) is 0 Å². The van der Waals surface area contributed by atoms with Crippen molar-refractivity contribution in [3.63, 3.8) is 0 Å². The Morgan fingerprint density at radius 3 is 2.28 bits per heavy atom. The van der Waals surface area contributed by atoms with E-state index in [0.717, 1.165) is 11.3 Å². The van der Waals surface area contributed by atoms with Gasteiger partial charge in [-0.15, -0.1) is 0 Å². The van der Waals surface area contributed by atoms with Crippen molar-refractivity contribution in [2.24, 2.45) is 0 Å². The summed E-state index contributed by atoms with van der Waals surface area (Å²) in [7, 11) is 0. The molecule has 0 spiro atoms. The van der Waals surface area contributed by atoms with Gasteiger partial charge in [0.25, 0.3) is 0 Å². The minimum absolute atomic E-state index is 0.0231. The lowest BCUT2D eigenvalue weighted by atomic mass is 9.87. The summed E-state index contributed by atoms with van der Waals surface area (Å²) in [4.78, 5) is 12.0. The quantitative estimate of drug-likeness (QED) is 0.795. The molecule has 0 aliphatic heterocycles. The highest BCUT2D eigenvalue weighted by molar-refractivity contribution is 5.78. The molecule has 0 saturated heterocycles. The molecule has 2 rings (SSSR count). The van der Waals surface area contributed by atoms with E-state index >= 15 is 0 Å².